The van der Waals surface area contributed by atoms with E-state index in [0.717, 1.165) is 6.08 Å². The summed E-state index contributed by atoms with van der Waals surface area (Å²) in [7, 11) is 0. The summed E-state index contributed by atoms with van der Waals surface area (Å²) in [4.78, 5) is 34.2. The third-order valence-electron chi connectivity index (χ3n) is 2.43. The molecule has 0 spiro atoms. The molecule has 0 aromatic heterocycles. The van der Waals surface area contributed by atoms with Crippen LogP contribution in [-0.2, 0) is 19.1 Å². The highest BCUT2D eigenvalue weighted by Gasteiger charge is 2.10. The maximum Gasteiger partial charge on any atom is 0.411 e. The molecule has 0 aliphatic heterocycles. The first-order valence-corrected chi connectivity index (χ1v) is 6.71. The van der Waals surface area contributed by atoms with Crippen LogP contribution in [-0.4, -0.2) is 31.1 Å². The zero-order valence-corrected chi connectivity index (χ0v) is 12.5. The van der Waals surface area contributed by atoms with Crippen LogP contribution in [0.1, 0.15) is 5.56 Å². The molecule has 1 rings (SSSR count). The number of rotatable bonds is 8. The van der Waals surface area contributed by atoms with E-state index in [1.165, 1.54) is 18.2 Å². The Hall–Kier alpha value is -3.15. The van der Waals surface area contributed by atoms with Crippen molar-refractivity contribution in [2.75, 3.05) is 18.5 Å². The Kier molecular flexibility index (Phi) is 7.57. The van der Waals surface area contributed by atoms with E-state index in [1.807, 2.05) is 0 Å². The van der Waals surface area contributed by atoms with Crippen molar-refractivity contribution in [3.8, 4) is 0 Å². The standard InChI is InChI=1S/C17H17NO5/c1-3-10-22-16(20)15(19)9-8-13-6-5-7-14(12-13)18-17(21)23-11-4-2/h3-9,12H,1-2,10-11H2,(H,18,21)/b9-8+. The molecule has 0 saturated heterocycles. The van der Waals surface area contributed by atoms with Gasteiger partial charge in [-0.2, -0.15) is 0 Å². The van der Waals surface area contributed by atoms with Crippen LogP contribution in [0.2, 0.25) is 0 Å². The van der Waals surface area contributed by atoms with E-state index in [2.05, 4.69) is 23.2 Å². The lowest BCUT2D eigenvalue weighted by Gasteiger charge is -2.05. The average molecular weight is 315 g/mol. The minimum absolute atomic E-state index is 0.0232. The number of anilines is 1. The number of ketones is 1. The smallest absolute Gasteiger partial charge is 0.411 e. The molecular formula is C17H17NO5. The number of benzene rings is 1. The molecule has 0 radical (unpaired) electrons. The number of carbonyl (C=O) groups excluding carboxylic acids is 3. The largest absolute Gasteiger partial charge is 0.455 e. The summed E-state index contributed by atoms with van der Waals surface area (Å²) in [6.07, 6.45) is 4.75. The Morgan fingerprint density at radius 1 is 1.09 bits per heavy atom. The van der Waals surface area contributed by atoms with Crippen LogP contribution in [0.3, 0.4) is 0 Å². The number of amides is 1. The van der Waals surface area contributed by atoms with Crippen LogP contribution in [0.25, 0.3) is 6.08 Å². The van der Waals surface area contributed by atoms with Gasteiger partial charge in [-0.05, 0) is 23.8 Å². The molecular weight excluding hydrogens is 298 g/mol. The Labute approximate surface area is 134 Å². The number of carbonyl (C=O) groups is 3. The third-order valence-corrected chi connectivity index (χ3v) is 2.43. The third kappa shape index (κ3) is 6.90. The van der Waals surface area contributed by atoms with Crippen molar-refractivity contribution < 1.29 is 23.9 Å². The Morgan fingerprint density at radius 2 is 1.78 bits per heavy atom. The van der Waals surface area contributed by atoms with Gasteiger partial charge < -0.3 is 9.47 Å². The molecule has 1 aromatic carbocycles. The van der Waals surface area contributed by atoms with Crippen LogP contribution >= 0.6 is 0 Å². The lowest BCUT2D eigenvalue weighted by Crippen LogP contribution is -2.14. The molecule has 0 atom stereocenters. The van der Waals surface area contributed by atoms with E-state index in [0.29, 0.717) is 11.3 Å². The van der Waals surface area contributed by atoms with Gasteiger partial charge >= 0.3 is 12.1 Å². The van der Waals surface area contributed by atoms with Crippen molar-refractivity contribution in [2.45, 2.75) is 0 Å². The molecule has 0 saturated carbocycles. The fourth-order valence-corrected chi connectivity index (χ4v) is 1.45. The Bertz CT molecular complexity index is 634. The van der Waals surface area contributed by atoms with E-state index in [-0.39, 0.29) is 13.2 Å². The number of esters is 1. The molecule has 0 aliphatic rings. The van der Waals surface area contributed by atoms with Gasteiger partial charge in [-0.3, -0.25) is 10.1 Å². The molecule has 0 fully saturated rings. The van der Waals surface area contributed by atoms with Gasteiger partial charge in [0.05, 0.1) is 0 Å². The van der Waals surface area contributed by atoms with Gasteiger partial charge in [0.25, 0.3) is 5.78 Å². The van der Waals surface area contributed by atoms with Crippen molar-refractivity contribution in [2.24, 2.45) is 0 Å². The minimum atomic E-state index is -0.955. The van der Waals surface area contributed by atoms with E-state index < -0.39 is 17.8 Å². The van der Waals surface area contributed by atoms with Crippen molar-refractivity contribution in [3.05, 3.63) is 61.2 Å². The fourth-order valence-electron chi connectivity index (χ4n) is 1.45. The van der Waals surface area contributed by atoms with Crippen molar-refractivity contribution >= 4 is 29.6 Å². The van der Waals surface area contributed by atoms with Gasteiger partial charge in [0.1, 0.15) is 13.2 Å². The van der Waals surface area contributed by atoms with E-state index in [4.69, 9.17) is 4.74 Å². The van der Waals surface area contributed by atoms with Crippen LogP contribution in [0.15, 0.2) is 55.7 Å². The SMILES string of the molecule is C=CCOC(=O)Nc1cccc(/C=C/C(=O)C(=O)OCC=C)c1. The second-order valence-electron chi connectivity index (χ2n) is 4.22. The summed E-state index contributed by atoms with van der Waals surface area (Å²) in [6, 6.07) is 6.67. The Balaban J connectivity index is 2.65. The fraction of sp³-hybridized carbons (Fsp3) is 0.118. The maximum absolute atomic E-state index is 11.5. The van der Waals surface area contributed by atoms with Gasteiger partial charge in [-0.15, -0.1) is 0 Å². The topological polar surface area (TPSA) is 81.7 Å². The van der Waals surface area contributed by atoms with Crippen molar-refractivity contribution in [3.63, 3.8) is 0 Å². The predicted octanol–water partition coefficient (Wildman–Crippen LogP) is 2.73. The first-order valence-electron chi connectivity index (χ1n) is 6.71. The predicted molar refractivity (Wildman–Crippen MR) is 86.8 cm³/mol. The van der Waals surface area contributed by atoms with Gasteiger partial charge in [-0.1, -0.05) is 43.5 Å². The molecule has 120 valence electrons. The molecule has 1 N–H and O–H groups in total. The highest BCUT2D eigenvalue weighted by molar-refractivity contribution is 6.39. The summed E-state index contributed by atoms with van der Waals surface area (Å²) in [5.41, 5.74) is 1.11. The molecule has 6 heteroatoms. The number of nitrogens with one attached hydrogen (secondary N) is 1. The molecule has 1 aromatic rings. The van der Waals surface area contributed by atoms with Gasteiger partial charge in [0.15, 0.2) is 0 Å². The van der Waals surface area contributed by atoms with E-state index in [1.54, 1.807) is 24.3 Å². The normalized spacial score (nSPS) is 9.91. The lowest BCUT2D eigenvalue weighted by molar-refractivity contribution is -0.150. The van der Waals surface area contributed by atoms with Crippen LogP contribution < -0.4 is 5.32 Å². The summed E-state index contributed by atoms with van der Waals surface area (Å²) in [6.45, 7) is 6.90. The number of ether oxygens (including phenoxy) is 2. The maximum atomic E-state index is 11.5. The van der Waals surface area contributed by atoms with Gasteiger partial charge in [0.2, 0.25) is 0 Å². The minimum Gasteiger partial charge on any atom is -0.455 e. The molecule has 0 aliphatic carbocycles. The Morgan fingerprint density at radius 3 is 2.48 bits per heavy atom. The highest BCUT2D eigenvalue weighted by atomic mass is 16.5. The monoisotopic (exact) mass is 315 g/mol. The number of hydrogen-bond acceptors (Lipinski definition) is 5. The molecule has 0 bridgehead atoms. The highest BCUT2D eigenvalue weighted by Crippen LogP contribution is 2.12. The van der Waals surface area contributed by atoms with Crippen LogP contribution in [0.4, 0.5) is 10.5 Å². The zero-order valence-electron chi connectivity index (χ0n) is 12.5. The van der Waals surface area contributed by atoms with E-state index in [9.17, 15) is 14.4 Å². The molecule has 6 nitrogen and oxygen atoms in total. The second-order valence-corrected chi connectivity index (χ2v) is 4.22. The van der Waals surface area contributed by atoms with Crippen molar-refractivity contribution in [1.82, 2.24) is 0 Å². The first-order chi connectivity index (χ1) is 11.1. The summed E-state index contributed by atoms with van der Waals surface area (Å²) in [5, 5.41) is 2.52. The van der Waals surface area contributed by atoms with Crippen molar-refractivity contribution in [1.29, 1.82) is 0 Å². The number of hydrogen-bond donors (Lipinski definition) is 1. The van der Waals surface area contributed by atoms with Crippen LogP contribution in [0, 0.1) is 0 Å². The quantitative estimate of drug-likeness (QED) is 0.345. The lowest BCUT2D eigenvalue weighted by atomic mass is 10.1. The van der Waals surface area contributed by atoms with Gasteiger partial charge in [0, 0.05) is 5.69 Å². The van der Waals surface area contributed by atoms with Gasteiger partial charge in [-0.25, -0.2) is 9.59 Å². The van der Waals surface area contributed by atoms with E-state index >= 15 is 0 Å². The zero-order chi connectivity index (χ0) is 17.1. The summed E-state index contributed by atoms with van der Waals surface area (Å²) >= 11 is 0. The average Bonchev–Trinajstić information content (AvgIpc) is 2.55. The first kappa shape index (κ1) is 17.9. The summed E-state index contributed by atoms with van der Waals surface area (Å²) in [5.74, 6) is -1.74. The molecule has 0 unspecified atom stereocenters. The second kappa shape index (κ2) is 9.73. The molecule has 23 heavy (non-hydrogen) atoms. The molecule has 1 amide bonds. The van der Waals surface area contributed by atoms with Crippen LogP contribution in [0.5, 0.6) is 0 Å². The molecule has 0 heterocycles. The summed E-state index contributed by atoms with van der Waals surface area (Å²) < 4.78 is 9.41.